The van der Waals surface area contributed by atoms with Crippen molar-refractivity contribution >= 4 is 40.2 Å². The quantitative estimate of drug-likeness (QED) is 0.504. The van der Waals surface area contributed by atoms with Gasteiger partial charge in [-0.25, -0.2) is 4.79 Å². The van der Waals surface area contributed by atoms with Gasteiger partial charge in [-0.2, -0.15) is 8.78 Å². The van der Waals surface area contributed by atoms with E-state index in [1.807, 2.05) is 35.9 Å². The lowest BCUT2D eigenvalue weighted by Crippen LogP contribution is -2.20. The number of halogens is 2. The molecule has 0 atom stereocenters. The number of carbonyl (C=O) groups excluding carboxylic acids is 2. The van der Waals surface area contributed by atoms with Gasteiger partial charge in [0.2, 0.25) is 0 Å². The summed E-state index contributed by atoms with van der Waals surface area (Å²) in [6.45, 7) is -0.449. The van der Waals surface area contributed by atoms with Crippen molar-refractivity contribution in [3.63, 3.8) is 0 Å². The summed E-state index contributed by atoms with van der Waals surface area (Å²) >= 11 is 0.423. The van der Waals surface area contributed by atoms with Crippen LogP contribution in [0.2, 0.25) is 0 Å². The molecule has 0 fully saturated rings. The molecule has 3 rings (SSSR count). The number of anilines is 1. The summed E-state index contributed by atoms with van der Waals surface area (Å²) in [5.41, 5.74) is 1.70. The lowest BCUT2D eigenvalue weighted by atomic mass is 10.2. The molecule has 0 aliphatic carbocycles. The van der Waals surface area contributed by atoms with E-state index in [9.17, 15) is 18.4 Å². The molecule has 0 spiro atoms. The standard InChI is InChI=1S/C19H16F2N2O3S/c1-23-10-15(14-4-2-3-5-16(14)23)18(25)26-11-17(24)22-12-6-8-13(9-7-12)27-19(20)21/h2-10,19H,11H2,1H3,(H,22,24). The Labute approximate surface area is 158 Å². The van der Waals surface area contributed by atoms with Crippen LogP contribution in [0, 0.1) is 0 Å². The van der Waals surface area contributed by atoms with E-state index < -0.39 is 24.2 Å². The highest BCUT2D eigenvalue weighted by Gasteiger charge is 2.16. The minimum absolute atomic E-state index is 0.384. The Bertz CT molecular complexity index is 971. The molecule has 5 nitrogen and oxygen atoms in total. The summed E-state index contributed by atoms with van der Waals surface area (Å²) in [5.74, 6) is -3.61. The summed E-state index contributed by atoms with van der Waals surface area (Å²) in [6, 6.07) is 13.4. The Morgan fingerprint density at radius 2 is 1.85 bits per heavy atom. The third-order valence-corrected chi connectivity index (χ3v) is 4.54. The summed E-state index contributed by atoms with van der Waals surface area (Å²) in [4.78, 5) is 24.6. The van der Waals surface area contributed by atoms with Crippen LogP contribution in [-0.2, 0) is 16.6 Å². The molecule has 0 bridgehead atoms. The molecule has 1 heterocycles. The lowest BCUT2D eigenvalue weighted by molar-refractivity contribution is -0.119. The minimum Gasteiger partial charge on any atom is -0.452 e. The highest BCUT2D eigenvalue weighted by Crippen LogP contribution is 2.26. The van der Waals surface area contributed by atoms with Crippen molar-refractivity contribution in [2.45, 2.75) is 10.7 Å². The molecular formula is C19H16F2N2O3S. The van der Waals surface area contributed by atoms with Crippen LogP contribution in [0.3, 0.4) is 0 Å². The second kappa shape index (κ2) is 8.22. The number of hydrogen-bond acceptors (Lipinski definition) is 4. The number of alkyl halides is 2. The number of rotatable bonds is 6. The van der Waals surface area contributed by atoms with E-state index in [2.05, 4.69) is 5.32 Å². The van der Waals surface area contributed by atoms with Crippen LogP contribution in [-0.4, -0.2) is 28.8 Å². The first-order chi connectivity index (χ1) is 12.9. The van der Waals surface area contributed by atoms with Crippen LogP contribution in [0.1, 0.15) is 10.4 Å². The number of aromatic nitrogens is 1. The Kier molecular flexibility index (Phi) is 5.75. The van der Waals surface area contributed by atoms with Crippen LogP contribution < -0.4 is 5.32 Å². The smallest absolute Gasteiger partial charge is 0.340 e. The first-order valence-corrected chi connectivity index (χ1v) is 8.88. The van der Waals surface area contributed by atoms with Crippen LogP contribution in [0.4, 0.5) is 14.5 Å². The van der Waals surface area contributed by atoms with Gasteiger partial charge in [-0.3, -0.25) is 4.79 Å². The monoisotopic (exact) mass is 390 g/mol. The van der Waals surface area contributed by atoms with Gasteiger partial charge in [0.05, 0.1) is 5.56 Å². The number of esters is 1. The Hall–Kier alpha value is -2.87. The molecule has 8 heteroatoms. The number of aryl methyl sites for hydroxylation is 1. The number of hydrogen-bond donors (Lipinski definition) is 1. The Balaban J connectivity index is 1.58. The average molecular weight is 390 g/mol. The van der Waals surface area contributed by atoms with Crippen molar-refractivity contribution in [1.29, 1.82) is 0 Å². The van der Waals surface area contributed by atoms with Crippen molar-refractivity contribution in [2.75, 3.05) is 11.9 Å². The molecule has 1 N–H and O–H groups in total. The fourth-order valence-electron chi connectivity index (χ4n) is 2.63. The summed E-state index contributed by atoms with van der Waals surface area (Å²) in [5, 5.41) is 3.30. The molecule has 0 aliphatic heterocycles. The maximum atomic E-state index is 12.3. The van der Waals surface area contributed by atoms with Crippen molar-refractivity contribution < 1.29 is 23.1 Å². The van der Waals surface area contributed by atoms with E-state index in [1.54, 1.807) is 6.20 Å². The number of fused-ring (bicyclic) bond motifs is 1. The van der Waals surface area contributed by atoms with E-state index in [1.165, 1.54) is 24.3 Å². The lowest BCUT2D eigenvalue weighted by Gasteiger charge is -2.07. The average Bonchev–Trinajstić information content (AvgIpc) is 2.98. The van der Waals surface area contributed by atoms with Gasteiger partial charge < -0.3 is 14.6 Å². The van der Waals surface area contributed by atoms with E-state index in [-0.39, 0.29) is 0 Å². The fraction of sp³-hybridized carbons (Fsp3) is 0.158. The molecule has 3 aromatic rings. The molecule has 2 aromatic carbocycles. The molecule has 140 valence electrons. The fourth-order valence-corrected chi connectivity index (χ4v) is 3.13. The number of amides is 1. The Morgan fingerprint density at radius 3 is 2.56 bits per heavy atom. The van der Waals surface area contributed by atoms with E-state index in [0.29, 0.717) is 27.9 Å². The molecule has 0 unspecified atom stereocenters. The highest BCUT2D eigenvalue weighted by molar-refractivity contribution is 7.99. The van der Waals surface area contributed by atoms with Crippen LogP contribution >= 0.6 is 11.8 Å². The number of carbonyl (C=O) groups is 2. The van der Waals surface area contributed by atoms with Crippen molar-refractivity contribution in [1.82, 2.24) is 4.57 Å². The maximum absolute atomic E-state index is 12.3. The van der Waals surface area contributed by atoms with Gasteiger partial charge >= 0.3 is 5.97 Å². The number of nitrogens with one attached hydrogen (secondary N) is 1. The zero-order valence-corrected chi connectivity index (χ0v) is 15.1. The summed E-state index contributed by atoms with van der Waals surface area (Å²) < 4.78 is 31.5. The van der Waals surface area contributed by atoms with Gasteiger partial charge in [-0.1, -0.05) is 30.0 Å². The zero-order chi connectivity index (χ0) is 19.4. The molecular weight excluding hydrogens is 374 g/mol. The number of benzene rings is 2. The molecule has 27 heavy (non-hydrogen) atoms. The van der Waals surface area contributed by atoms with Crippen molar-refractivity contribution in [3.8, 4) is 0 Å². The van der Waals surface area contributed by atoms with Crippen LogP contribution in [0.15, 0.2) is 59.6 Å². The highest BCUT2D eigenvalue weighted by atomic mass is 32.2. The van der Waals surface area contributed by atoms with Crippen molar-refractivity contribution in [2.24, 2.45) is 7.05 Å². The van der Waals surface area contributed by atoms with Gasteiger partial charge in [-0.05, 0) is 30.3 Å². The normalized spacial score (nSPS) is 11.0. The number of para-hydroxylation sites is 1. The van der Waals surface area contributed by atoms with Gasteiger partial charge in [0.15, 0.2) is 6.61 Å². The summed E-state index contributed by atoms with van der Waals surface area (Å²) in [7, 11) is 1.82. The molecule has 0 saturated carbocycles. The molecule has 0 saturated heterocycles. The predicted octanol–water partition coefficient (Wildman–Crippen LogP) is 4.29. The van der Waals surface area contributed by atoms with Crippen LogP contribution in [0.25, 0.3) is 10.9 Å². The van der Waals surface area contributed by atoms with E-state index in [0.717, 1.165) is 10.9 Å². The van der Waals surface area contributed by atoms with Gasteiger partial charge in [0.1, 0.15) is 0 Å². The summed E-state index contributed by atoms with van der Waals surface area (Å²) in [6.07, 6.45) is 1.66. The minimum atomic E-state index is -2.50. The third-order valence-electron chi connectivity index (χ3n) is 3.81. The van der Waals surface area contributed by atoms with Gasteiger partial charge in [0.25, 0.3) is 11.7 Å². The second-order valence-corrected chi connectivity index (χ2v) is 6.76. The van der Waals surface area contributed by atoms with Gasteiger partial charge in [-0.15, -0.1) is 0 Å². The van der Waals surface area contributed by atoms with Gasteiger partial charge in [0, 0.05) is 34.7 Å². The molecule has 1 aromatic heterocycles. The van der Waals surface area contributed by atoms with E-state index >= 15 is 0 Å². The largest absolute Gasteiger partial charge is 0.452 e. The van der Waals surface area contributed by atoms with E-state index in [4.69, 9.17) is 4.74 Å². The number of thioether (sulfide) groups is 1. The number of nitrogens with zero attached hydrogens (tertiary/aromatic N) is 1. The topological polar surface area (TPSA) is 60.3 Å². The first-order valence-electron chi connectivity index (χ1n) is 8.00. The second-order valence-electron chi connectivity index (χ2n) is 5.70. The number of ether oxygens (including phenoxy) is 1. The van der Waals surface area contributed by atoms with Crippen LogP contribution in [0.5, 0.6) is 0 Å². The zero-order valence-electron chi connectivity index (χ0n) is 14.3. The molecule has 1 amide bonds. The SMILES string of the molecule is Cn1cc(C(=O)OCC(=O)Nc2ccc(SC(F)F)cc2)c2ccccc21. The molecule has 0 radical (unpaired) electrons. The predicted molar refractivity (Wildman–Crippen MR) is 100 cm³/mol. The maximum Gasteiger partial charge on any atom is 0.340 e. The van der Waals surface area contributed by atoms with Crippen molar-refractivity contribution in [3.05, 3.63) is 60.3 Å². The Morgan fingerprint density at radius 1 is 1.15 bits per heavy atom. The molecule has 0 aliphatic rings. The third kappa shape index (κ3) is 4.65. The first kappa shape index (κ1) is 18.9.